The Hall–Kier alpha value is -2.24. The number of nitrogens with zero attached hydrogens (tertiary/aromatic N) is 1. The number of para-hydroxylation sites is 2. The normalized spacial score (nSPS) is 10.3. The molecule has 0 aromatic heterocycles. The summed E-state index contributed by atoms with van der Waals surface area (Å²) in [5, 5.41) is 11.6. The van der Waals surface area contributed by atoms with Crippen molar-refractivity contribution in [3.05, 3.63) is 24.3 Å². The molecule has 0 fully saturated rings. The first kappa shape index (κ1) is 16.8. The molecule has 0 atom stereocenters. The van der Waals surface area contributed by atoms with E-state index in [1.54, 1.807) is 18.2 Å². The number of hydrogen-bond donors (Lipinski definition) is 2. The molecule has 21 heavy (non-hydrogen) atoms. The van der Waals surface area contributed by atoms with Crippen LogP contribution in [0.25, 0.3) is 0 Å². The lowest BCUT2D eigenvalue weighted by molar-refractivity contribution is -0.137. The molecule has 0 saturated heterocycles. The van der Waals surface area contributed by atoms with Crippen molar-refractivity contribution < 1.29 is 19.4 Å². The molecule has 0 radical (unpaired) electrons. The van der Waals surface area contributed by atoms with Gasteiger partial charge >= 0.3 is 12.0 Å². The molecular weight excluding hydrogens is 272 g/mol. The first-order valence-corrected chi connectivity index (χ1v) is 6.93. The maximum absolute atomic E-state index is 12.2. The van der Waals surface area contributed by atoms with Crippen LogP contribution in [0.5, 0.6) is 5.75 Å². The Morgan fingerprint density at radius 2 is 2.00 bits per heavy atom. The maximum Gasteiger partial charge on any atom is 0.323 e. The van der Waals surface area contributed by atoms with Gasteiger partial charge in [0, 0.05) is 6.54 Å². The lowest BCUT2D eigenvalue weighted by atomic mass is 10.2. The van der Waals surface area contributed by atoms with Gasteiger partial charge in [0.2, 0.25) is 0 Å². The van der Waals surface area contributed by atoms with Gasteiger partial charge in [-0.1, -0.05) is 26.0 Å². The Morgan fingerprint density at radius 1 is 1.33 bits per heavy atom. The van der Waals surface area contributed by atoms with Gasteiger partial charge in [0.15, 0.2) is 0 Å². The Labute approximate surface area is 124 Å². The van der Waals surface area contributed by atoms with E-state index in [2.05, 4.69) is 5.32 Å². The van der Waals surface area contributed by atoms with Gasteiger partial charge in [-0.05, 0) is 25.0 Å². The van der Waals surface area contributed by atoms with Gasteiger partial charge < -0.3 is 20.1 Å². The monoisotopic (exact) mass is 294 g/mol. The van der Waals surface area contributed by atoms with Gasteiger partial charge in [-0.25, -0.2) is 4.79 Å². The van der Waals surface area contributed by atoms with Crippen molar-refractivity contribution in [2.24, 2.45) is 5.92 Å². The number of ether oxygens (including phenoxy) is 1. The molecule has 2 N–H and O–H groups in total. The molecule has 2 amide bonds. The molecule has 116 valence electrons. The maximum atomic E-state index is 12.2. The molecule has 1 aromatic rings. The molecule has 0 heterocycles. The third-order valence-corrected chi connectivity index (χ3v) is 2.63. The minimum atomic E-state index is -1.04. The number of hydrogen-bond acceptors (Lipinski definition) is 3. The van der Waals surface area contributed by atoms with E-state index >= 15 is 0 Å². The van der Waals surface area contributed by atoms with E-state index in [-0.39, 0.29) is 12.5 Å². The highest BCUT2D eigenvalue weighted by molar-refractivity contribution is 5.92. The summed E-state index contributed by atoms with van der Waals surface area (Å²) in [5.41, 5.74) is 0.531. The molecule has 0 spiro atoms. The number of benzene rings is 1. The minimum Gasteiger partial charge on any atom is -0.492 e. The van der Waals surface area contributed by atoms with Crippen molar-refractivity contribution in [3.8, 4) is 5.75 Å². The fraction of sp³-hybridized carbons (Fsp3) is 0.467. The van der Waals surface area contributed by atoms with E-state index in [1.165, 1.54) is 4.90 Å². The van der Waals surface area contributed by atoms with E-state index < -0.39 is 12.0 Å². The van der Waals surface area contributed by atoms with E-state index in [0.29, 0.717) is 24.6 Å². The number of amides is 2. The van der Waals surface area contributed by atoms with Crippen LogP contribution in [0.4, 0.5) is 10.5 Å². The standard InChI is InChI=1S/C15H22N2O4/c1-4-21-13-8-6-5-7-12(13)16-15(20)17(9-11(2)3)10-14(18)19/h5-8,11H,4,9-10H2,1-3H3,(H,16,20)(H,18,19). The Balaban J connectivity index is 2.83. The molecule has 0 unspecified atom stereocenters. The molecule has 0 aliphatic heterocycles. The topological polar surface area (TPSA) is 78.9 Å². The van der Waals surface area contributed by atoms with Gasteiger partial charge in [-0.3, -0.25) is 4.79 Å². The summed E-state index contributed by atoms with van der Waals surface area (Å²) < 4.78 is 5.43. The van der Waals surface area contributed by atoms with Crippen molar-refractivity contribution in [3.63, 3.8) is 0 Å². The third-order valence-electron chi connectivity index (χ3n) is 2.63. The second-order valence-corrected chi connectivity index (χ2v) is 5.03. The van der Waals surface area contributed by atoms with Crippen molar-refractivity contribution in [2.75, 3.05) is 25.0 Å². The predicted octanol–water partition coefficient (Wildman–Crippen LogP) is 2.66. The third kappa shape index (κ3) is 5.72. The number of anilines is 1. The van der Waals surface area contributed by atoms with Crippen LogP contribution in [0.2, 0.25) is 0 Å². The summed E-state index contributed by atoms with van der Waals surface area (Å²) in [6.45, 7) is 6.23. The largest absolute Gasteiger partial charge is 0.492 e. The van der Waals surface area contributed by atoms with E-state index in [1.807, 2.05) is 26.8 Å². The highest BCUT2D eigenvalue weighted by atomic mass is 16.5. The second kappa shape index (κ2) is 8.14. The average Bonchev–Trinajstić information content (AvgIpc) is 2.39. The predicted molar refractivity (Wildman–Crippen MR) is 80.7 cm³/mol. The first-order chi connectivity index (χ1) is 9.93. The van der Waals surface area contributed by atoms with E-state index in [9.17, 15) is 9.59 Å². The number of rotatable bonds is 7. The number of nitrogens with one attached hydrogen (secondary N) is 1. The van der Waals surface area contributed by atoms with Crippen LogP contribution in [0.15, 0.2) is 24.3 Å². The fourth-order valence-corrected chi connectivity index (χ4v) is 1.87. The highest BCUT2D eigenvalue weighted by Crippen LogP contribution is 2.24. The smallest absolute Gasteiger partial charge is 0.323 e. The van der Waals surface area contributed by atoms with Crippen LogP contribution < -0.4 is 10.1 Å². The van der Waals surface area contributed by atoms with Gasteiger partial charge in [-0.15, -0.1) is 0 Å². The summed E-state index contributed by atoms with van der Waals surface area (Å²) in [4.78, 5) is 24.4. The van der Waals surface area contributed by atoms with Crippen LogP contribution in [-0.2, 0) is 4.79 Å². The Morgan fingerprint density at radius 3 is 2.57 bits per heavy atom. The average molecular weight is 294 g/mol. The van der Waals surface area contributed by atoms with Gasteiger partial charge in [0.25, 0.3) is 0 Å². The molecule has 6 nitrogen and oxygen atoms in total. The zero-order valence-corrected chi connectivity index (χ0v) is 12.6. The number of urea groups is 1. The highest BCUT2D eigenvalue weighted by Gasteiger charge is 2.19. The number of carboxylic acid groups (broad SMARTS) is 1. The first-order valence-electron chi connectivity index (χ1n) is 6.93. The van der Waals surface area contributed by atoms with E-state index in [0.717, 1.165) is 0 Å². The van der Waals surface area contributed by atoms with Gasteiger partial charge in [0.1, 0.15) is 12.3 Å². The number of carbonyl (C=O) groups is 2. The van der Waals surface area contributed by atoms with Crippen molar-refractivity contribution in [1.82, 2.24) is 4.90 Å². The minimum absolute atomic E-state index is 0.178. The number of carbonyl (C=O) groups excluding carboxylic acids is 1. The molecule has 0 bridgehead atoms. The van der Waals surface area contributed by atoms with Crippen molar-refractivity contribution in [1.29, 1.82) is 0 Å². The van der Waals surface area contributed by atoms with Gasteiger partial charge in [-0.2, -0.15) is 0 Å². The lowest BCUT2D eigenvalue weighted by Crippen LogP contribution is -2.41. The van der Waals surface area contributed by atoms with Crippen LogP contribution in [-0.4, -0.2) is 41.7 Å². The van der Waals surface area contributed by atoms with Crippen LogP contribution >= 0.6 is 0 Å². The van der Waals surface area contributed by atoms with Gasteiger partial charge in [0.05, 0.1) is 12.3 Å². The molecule has 1 rings (SSSR count). The van der Waals surface area contributed by atoms with Crippen LogP contribution in [0.1, 0.15) is 20.8 Å². The Bertz CT molecular complexity index is 488. The van der Waals surface area contributed by atoms with Crippen LogP contribution in [0, 0.1) is 5.92 Å². The summed E-state index contributed by atoms with van der Waals surface area (Å²) >= 11 is 0. The molecule has 0 aliphatic rings. The summed E-state index contributed by atoms with van der Waals surface area (Å²) in [6, 6.07) is 6.62. The van der Waals surface area contributed by atoms with Crippen LogP contribution in [0.3, 0.4) is 0 Å². The zero-order valence-electron chi connectivity index (χ0n) is 12.6. The Kier molecular flexibility index (Phi) is 6.52. The fourth-order valence-electron chi connectivity index (χ4n) is 1.87. The van der Waals surface area contributed by atoms with Crippen molar-refractivity contribution >= 4 is 17.7 Å². The lowest BCUT2D eigenvalue weighted by Gasteiger charge is -2.23. The number of aliphatic carboxylic acids is 1. The summed E-state index contributed by atoms with van der Waals surface area (Å²) in [7, 11) is 0. The SMILES string of the molecule is CCOc1ccccc1NC(=O)N(CC(=O)O)CC(C)C. The second-order valence-electron chi connectivity index (χ2n) is 5.03. The molecular formula is C15H22N2O4. The molecule has 6 heteroatoms. The molecule has 0 aliphatic carbocycles. The number of carboxylic acids is 1. The summed E-state index contributed by atoms with van der Waals surface area (Å²) in [5.74, 6) is -0.297. The zero-order chi connectivity index (χ0) is 15.8. The molecule has 0 saturated carbocycles. The quantitative estimate of drug-likeness (QED) is 0.810. The summed E-state index contributed by atoms with van der Waals surface area (Å²) in [6.07, 6.45) is 0. The molecule has 1 aromatic carbocycles. The van der Waals surface area contributed by atoms with Crippen molar-refractivity contribution in [2.45, 2.75) is 20.8 Å². The van der Waals surface area contributed by atoms with E-state index in [4.69, 9.17) is 9.84 Å².